The van der Waals surface area contributed by atoms with E-state index in [4.69, 9.17) is 4.74 Å². The second-order valence-electron chi connectivity index (χ2n) is 3.86. The Hall–Kier alpha value is 0.391. The summed E-state index contributed by atoms with van der Waals surface area (Å²) >= 11 is 0. The van der Waals surface area contributed by atoms with Crippen molar-refractivity contribution in [3.63, 3.8) is 0 Å². The van der Waals surface area contributed by atoms with E-state index in [2.05, 4.69) is 4.98 Å². The van der Waals surface area contributed by atoms with Crippen molar-refractivity contribution in [3.8, 4) is 5.75 Å². The summed E-state index contributed by atoms with van der Waals surface area (Å²) in [5.41, 5.74) is -0.837. The smallest absolute Gasteiger partial charge is 0.492 e. The molecular formula is C9H12BF3KNO3S. The molecular weight excluding hydrogens is 309 g/mol. The molecule has 1 aromatic heterocycles. The zero-order valence-electron chi connectivity index (χ0n) is 10.6. The van der Waals surface area contributed by atoms with E-state index >= 15 is 0 Å². The summed E-state index contributed by atoms with van der Waals surface area (Å²) in [7, 11) is -3.08. The molecule has 0 aliphatic rings. The molecule has 0 spiro atoms. The summed E-state index contributed by atoms with van der Waals surface area (Å²) in [4.78, 5) is 3.43. The molecule has 19 heavy (non-hydrogen) atoms. The van der Waals surface area contributed by atoms with Crippen LogP contribution in [0.3, 0.4) is 0 Å². The zero-order valence-corrected chi connectivity index (χ0v) is 14.6. The molecule has 0 aromatic carbocycles. The van der Waals surface area contributed by atoms with Gasteiger partial charge in [-0.15, -0.1) is 0 Å². The van der Waals surface area contributed by atoms with Crippen LogP contribution in [-0.2, 0) is 9.84 Å². The van der Waals surface area contributed by atoms with Crippen LogP contribution in [0.5, 0.6) is 5.75 Å². The summed E-state index contributed by atoms with van der Waals surface area (Å²) < 4.78 is 63.8. The minimum absolute atomic E-state index is 0. The van der Waals surface area contributed by atoms with E-state index in [-0.39, 0.29) is 75.9 Å². The SMILES string of the molecule is CS(=O)(=O)CCCOc1cncc([B-](F)(F)F)c1.[K+]. The maximum absolute atomic E-state index is 12.4. The Morgan fingerprint density at radius 1 is 1.32 bits per heavy atom. The van der Waals surface area contributed by atoms with Crippen LogP contribution in [0.15, 0.2) is 18.5 Å². The van der Waals surface area contributed by atoms with Crippen LogP contribution in [-0.4, -0.2) is 39.0 Å². The number of nitrogens with zero attached hydrogens (tertiary/aromatic N) is 1. The quantitative estimate of drug-likeness (QED) is 0.447. The molecule has 4 nitrogen and oxygen atoms in total. The second kappa shape index (κ2) is 7.99. The number of rotatable bonds is 6. The number of ether oxygens (including phenoxy) is 1. The molecule has 10 heteroatoms. The number of hydrogen-bond donors (Lipinski definition) is 0. The maximum Gasteiger partial charge on any atom is 1.00 e. The van der Waals surface area contributed by atoms with Crippen LogP contribution in [0.2, 0.25) is 0 Å². The average Bonchev–Trinajstić information content (AvgIpc) is 2.22. The van der Waals surface area contributed by atoms with E-state index in [1.165, 1.54) is 0 Å². The van der Waals surface area contributed by atoms with Crippen molar-refractivity contribution >= 4 is 22.3 Å². The van der Waals surface area contributed by atoms with E-state index < -0.39 is 22.3 Å². The normalized spacial score (nSPS) is 11.8. The van der Waals surface area contributed by atoms with Gasteiger partial charge in [-0.25, -0.2) is 8.42 Å². The third kappa shape index (κ3) is 8.31. The number of aromatic nitrogens is 1. The molecule has 0 radical (unpaired) electrons. The number of hydrogen-bond acceptors (Lipinski definition) is 4. The molecule has 102 valence electrons. The standard InChI is InChI=1S/C9H12BF3NO3S.K/c1-18(15,16)4-2-3-17-9-5-8(6-14-7-9)10(11,12)13;/h5-7H,2-4H2,1H3;/q-1;+1. The van der Waals surface area contributed by atoms with Crippen molar-refractivity contribution in [1.29, 1.82) is 0 Å². The first-order chi connectivity index (χ1) is 8.18. The first-order valence-corrected chi connectivity index (χ1v) is 7.20. The minimum Gasteiger partial charge on any atom is -0.492 e. The maximum atomic E-state index is 12.4. The number of halogens is 3. The fraction of sp³-hybridized carbons (Fsp3) is 0.444. The number of sulfone groups is 1. The van der Waals surface area contributed by atoms with Crippen LogP contribution >= 0.6 is 0 Å². The molecule has 0 fully saturated rings. The third-order valence-electron chi connectivity index (χ3n) is 2.04. The van der Waals surface area contributed by atoms with Gasteiger partial charge in [-0.3, -0.25) is 4.98 Å². The monoisotopic (exact) mass is 321 g/mol. The summed E-state index contributed by atoms with van der Waals surface area (Å²) in [6.07, 6.45) is 3.19. The van der Waals surface area contributed by atoms with Gasteiger partial charge in [-0.1, -0.05) is 5.46 Å². The molecule has 0 saturated heterocycles. The van der Waals surface area contributed by atoms with Crippen molar-refractivity contribution in [2.24, 2.45) is 0 Å². The van der Waals surface area contributed by atoms with Gasteiger partial charge in [0.2, 0.25) is 0 Å². The van der Waals surface area contributed by atoms with E-state index in [9.17, 15) is 21.4 Å². The second-order valence-corrected chi connectivity index (χ2v) is 6.12. The van der Waals surface area contributed by atoms with Crippen molar-refractivity contribution in [1.82, 2.24) is 4.98 Å². The molecule has 0 unspecified atom stereocenters. The fourth-order valence-electron chi connectivity index (χ4n) is 1.20. The minimum atomic E-state index is -5.11. The molecule has 0 aliphatic heterocycles. The van der Waals surface area contributed by atoms with Crippen molar-refractivity contribution in [2.75, 3.05) is 18.6 Å². The Morgan fingerprint density at radius 2 is 1.95 bits per heavy atom. The largest absolute Gasteiger partial charge is 1.00 e. The van der Waals surface area contributed by atoms with Gasteiger partial charge in [-0.05, 0) is 12.5 Å². The Balaban J connectivity index is 0.00000324. The van der Waals surface area contributed by atoms with Crippen LogP contribution in [0.25, 0.3) is 0 Å². The summed E-state index contributed by atoms with van der Waals surface area (Å²) in [5, 5.41) is 0. The van der Waals surface area contributed by atoms with Gasteiger partial charge in [0.25, 0.3) is 0 Å². The Kier molecular flexibility index (Phi) is 8.15. The van der Waals surface area contributed by atoms with Gasteiger partial charge in [-0.2, -0.15) is 0 Å². The van der Waals surface area contributed by atoms with Crippen molar-refractivity contribution in [3.05, 3.63) is 18.5 Å². The molecule has 0 atom stereocenters. The summed E-state index contributed by atoms with van der Waals surface area (Å²) in [6, 6.07) is 0.855. The van der Waals surface area contributed by atoms with E-state index in [1.807, 2.05) is 0 Å². The summed E-state index contributed by atoms with van der Waals surface area (Å²) in [6.45, 7) is -5.08. The van der Waals surface area contributed by atoms with Gasteiger partial charge >= 0.3 is 58.4 Å². The molecule has 0 saturated carbocycles. The number of pyridine rings is 1. The van der Waals surface area contributed by atoms with Crippen LogP contribution < -0.4 is 61.6 Å². The molecule has 1 aromatic rings. The third-order valence-corrected chi connectivity index (χ3v) is 3.07. The predicted octanol–water partition coefficient (Wildman–Crippen LogP) is -2.05. The van der Waals surface area contributed by atoms with Gasteiger partial charge in [0.15, 0.2) is 0 Å². The van der Waals surface area contributed by atoms with E-state index in [1.54, 1.807) is 0 Å². The zero-order chi connectivity index (χ0) is 13.8. The molecule has 0 aliphatic carbocycles. The van der Waals surface area contributed by atoms with E-state index in [0.29, 0.717) is 0 Å². The van der Waals surface area contributed by atoms with Crippen LogP contribution in [0, 0.1) is 0 Å². The molecule has 0 N–H and O–H groups in total. The first-order valence-electron chi connectivity index (χ1n) is 5.14. The van der Waals surface area contributed by atoms with Crippen LogP contribution in [0.1, 0.15) is 6.42 Å². The van der Waals surface area contributed by atoms with Crippen molar-refractivity contribution in [2.45, 2.75) is 6.42 Å². The van der Waals surface area contributed by atoms with Gasteiger partial charge in [0.1, 0.15) is 15.6 Å². The Morgan fingerprint density at radius 3 is 2.47 bits per heavy atom. The molecule has 0 amide bonds. The Labute approximate surface area is 152 Å². The fourth-order valence-corrected chi connectivity index (χ4v) is 1.85. The predicted molar refractivity (Wildman–Crippen MR) is 62.8 cm³/mol. The van der Waals surface area contributed by atoms with Crippen LogP contribution in [0.4, 0.5) is 12.9 Å². The average molecular weight is 321 g/mol. The van der Waals surface area contributed by atoms with Crippen molar-refractivity contribution < 1.29 is 77.5 Å². The van der Waals surface area contributed by atoms with Gasteiger partial charge < -0.3 is 17.7 Å². The van der Waals surface area contributed by atoms with E-state index in [0.717, 1.165) is 24.7 Å². The molecule has 1 rings (SSSR count). The topological polar surface area (TPSA) is 56.3 Å². The van der Waals surface area contributed by atoms with Gasteiger partial charge in [0, 0.05) is 12.5 Å². The molecule has 0 bridgehead atoms. The summed E-state index contributed by atoms with van der Waals surface area (Å²) in [5.74, 6) is -0.0798. The molecule has 1 heterocycles. The first kappa shape index (κ1) is 19.4. The van der Waals surface area contributed by atoms with Gasteiger partial charge in [0.05, 0.1) is 18.6 Å². The Bertz CT molecular complexity index is 510.